The van der Waals surface area contributed by atoms with Gasteiger partial charge >= 0.3 is 6.09 Å². The van der Waals surface area contributed by atoms with Crippen LogP contribution in [0.1, 0.15) is 52.9 Å². The second-order valence-corrected chi connectivity index (χ2v) is 6.82. The Morgan fingerprint density at radius 3 is 2.47 bits per heavy atom. The van der Waals surface area contributed by atoms with Gasteiger partial charge in [-0.3, -0.25) is 0 Å². The number of nitrogens with zero attached hydrogens (tertiary/aromatic N) is 1. The van der Waals surface area contributed by atoms with E-state index >= 15 is 0 Å². The van der Waals surface area contributed by atoms with Crippen LogP contribution in [0.2, 0.25) is 0 Å². The van der Waals surface area contributed by atoms with Crippen molar-refractivity contribution in [3.63, 3.8) is 0 Å². The summed E-state index contributed by atoms with van der Waals surface area (Å²) < 4.78 is 5.57. The number of amides is 1. The second kappa shape index (κ2) is 6.12. The standard InChI is InChI=1S/C15H28N2O2/c1-15(2,3)19-14(18)17-11-5-4-6-13(17)12-7-9-16-10-8-12/h12-13,16H,4-11H2,1-3H3/t13-/m1/s1. The molecule has 1 amide bonds. The Hall–Kier alpha value is -0.770. The highest BCUT2D eigenvalue weighted by Crippen LogP contribution is 2.29. The third-order valence-corrected chi connectivity index (χ3v) is 4.11. The average molecular weight is 268 g/mol. The number of piperidine rings is 2. The number of ether oxygens (including phenoxy) is 1. The Morgan fingerprint density at radius 1 is 1.16 bits per heavy atom. The Labute approximate surface area is 116 Å². The summed E-state index contributed by atoms with van der Waals surface area (Å²) in [5.74, 6) is 0.647. The number of carbonyl (C=O) groups excluding carboxylic acids is 1. The molecule has 19 heavy (non-hydrogen) atoms. The Morgan fingerprint density at radius 2 is 1.84 bits per heavy atom. The fraction of sp³-hybridized carbons (Fsp3) is 0.933. The molecule has 0 spiro atoms. The lowest BCUT2D eigenvalue weighted by Gasteiger charge is -2.42. The zero-order chi connectivity index (χ0) is 13.9. The maximum Gasteiger partial charge on any atom is 0.410 e. The molecule has 0 aromatic rings. The van der Waals surface area contributed by atoms with Gasteiger partial charge in [-0.05, 0) is 71.9 Å². The summed E-state index contributed by atoms with van der Waals surface area (Å²) in [6.45, 7) is 8.85. The highest BCUT2D eigenvalue weighted by Gasteiger charge is 2.35. The maximum absolute atomic E-state index is 12.4. The van der Waals surface area contributed by atoms with Gasteiger partial charge in [-0.2, -0.15) is 0 Å². The van der Waals surface area contributed by atoms with Crippen molar-refractivity contribution in [1.29, 1.82) is 0 Å². The first-order valence-corrected chi connectivity index (χ1v) is 7.68. The van der Waals surface area contributed by atoms with E-state index in [9.17, 15) is 4.79 Å². The van der Waals surface area contributed by atoms with E-state index in [0.29, 0.717) is 12.0 Å². The summed E-state index contributed by atoms with van der Waals surface area (Å²) in [5, 5.41) is 3.40. The van der Waals surface area contributed by atoms with Crippen LogP contribution in [0.4, 0.5) is 4.79 Å². The minimum absolute atomic E-state index is 0.115. The Balaban J connectivity index is 2.00. The van der Waals surface area contributed by atoms with E-state index in [1.807, 2.05) is 25.7 Å². The van der Waals surface area contributed by atoms with Crippen LogP contribution in [0.15, 0.2) is 0 Å². The van der Waals surface area contributed by atoms with Crippen molar-refractivity contribution in [3.8, 4) is 0 Å². The lowest BCUT2D eigenvalue weighted by molar-refractivity contribution is -0.00103. The van der Waals surface area contributed by atoms with E-state index in [-0.39, 0.29) is 6.09 Å². The monoisotopic (exact) mass is 268 g/mol. The first kappa shape index (κ1) is 14.6. The van der Waals surface area contributed by atoms with Crippen LogP contribution in [0.5, 0.6) is 0 Å². The Bertz CT molecular complexity index is 306. The number of hydrogen-bond acceptors (Lipinski definition) is 3. The number of carbonyl (C=O) groups is 1. The molecule has 1 atom stereocenters. The molecule has 0 saturated carbocycles. The third kappa shape index (κ3) is 4.10. The van der Waals surface area contributed by atoms with Crippen molar-refractivity contribution in [3.05, 3.63) is 0 Å². The molecule has 1 N–H and O–H groups in total. The van der Waals surface area contributed by atoms with Crippen LogP contribution in [-0.2, 0) is 4.74 Å². The summed E-state index contributed by atoms with van der Waals surface area (Å²) >= 11 is 0. The van der Waals surface area contributed by atoms with Crippen molar-refractivity contribution in [2.24, 2.45) is 5.92 Å². The second-order valence-electron chi connectivity index (χ2n) is 6.82. The number of hydrogen-bond donors (Lipinski definition) is 1. The molecule has 2 fully saturated rings. The number of nitrogens with one attached hydrogen (secondary N) is 1. The molecule has 4 nitrogen and oxygen atoms in total. The molecule has 2 aliphatic rings. The Kier molecular flexibility index (Phi) is 4.71. The summed E-state index contributed by atoms with van der Waals surface area (Å²) in [6.07, 6.45) is 5.75. The van der Waals surface area contributed by atoms with Gasteiger partial charge in [0.1, 0.15) is 5.60 Å². The summed E-state index contributed by atoms with van der Waals surface area (Å²) in [6, 6.07) is 0.394. The minimum Gasteiger partial charge on any atom is -0.444 e. The molecule has 2 aliphatic heterocycles. The first-order chi connectivity index (χ1) is 8.97. The van der Waals surface area contributed by atoms with Gasteiger partial charge < -0.3 is 15.0 Å². The zero-order valence-corrected chi connectivity index (χ0v) is 12.6. The van der Waals surface area contributed by atoms with Crippen LogP contribution in [0.3, 0.4) is 0 Å². The van der Waals surface area contributed by atoms with Crippen molar-refractivity contribution in [2.75, 3.05) is 19.6 Å². The minimum atomic E-state index is -0.396. The van der Waals surface area contributed by atoms with E-state index in [1.54, 1.807) is 0 Å². The molecule has 0 aromatic heterocycles. The smallest absolute Gasteiger partial charge is 0.410 e. The van der Waals surface area contributed by atoms with Gasteiger partial charge in [-0.1, -0.05) is 0 Å². The largest absolute Gasteiger partial charge is 0.444 e. The van der Waals surface area contributed by atoms with Gasteiger partial charge in [0.05, 0.1) is 0 Å². The SMILES string of the molecule is CC(C)(C)OC(=O)N1CCCC[C@@H]1C1CCNCC1. The fourth-order valence-electron chi connectivity index (χ4n) is 3.22. The third-order valence-electron chi connectivity index (χ3n) is 4.11. The summed E-state index contributed by atoms with van der Waals surface area (Å²) in [4.78, 5) is 14.4. The highest BCUT2D eigenvalue weighted by atomic mass is 16.6. The molecular weight excluding hydrogens is 240 g/mol. The molecular formula is C15H28N2O2. The first-order valence-electron chi connectivity index (χ1n) is 7.68. The maximum atomic E-state index is 12.4. The van der Waals surface area contributed by atoms with Crippen molar-refractivity contribution < 1.29 is 9.53 Å². The molecule has 0 radical (unpaired) electrons. The van der Waals surface area contributed by atoms with Crippen LogP contribution < -0.4 is 5.32 Å². The van der Waals surface area contributed by atoms with Crippen LogP contribution >= 0.6 is 0 Å². The normalized spacial score (nSPS) is 26.3. The van der Waals surface area contributed by atoms with Gasteiger partial charge in [-0.15, -0.1) is 0 Å². The molecule has 0 aromatic carbocycles. The predicted molar refractivity (Wildman–Crippen MR) is 76.2 cm³/mol. The zero-order valence-electron chi connectivity index (χ0n) is 12.6. The molecule has 0 aliphatic carbocycles. The van der Waals surface area contributed by atoms with E-state index in [0.717, 1.165) is 32.5 Å². The van der Waals surface area contributed by atoms with E-state index in [1.165, 1.54) is 19.3 Å². The quantitative estimate of drug-likeness (QED) is 0.795. The molecule has 2 saturated heterocycles. The van der Waals surface area contributed by atoms with Crippen LogP contribution in [0, 0.1) is 5.92 Å². The molecule has 4 heteroatoms. The van der Waals surface area contributed by atoms with Crippen molar-refractivity contribution >= 4 is 6.09 Å². The molecule has 2 heterocycles. The molecule has 110 valence electrons. The lowest BCUT2D eigenvalue weighted by Crippen LogP contribution is -2.51. The number of rotatable bonds is 1. The van der Waals surface area contributed by atoms with Gasteiger partial charge in [0.2, 0.25) is 0 Å². The van der Waals surface area contributed by atoms with E-state index in [4.69, 9.17) is 4.74 Å². The molecule has 2 rings (SSSR count). The lowest BCUT2D eigenvalue weighted by atomic mass is 9.84. The number of likely N-dealkylation sites (tertiary alicyclic amines) is 1. The van der Waals surface area contributed by atoms with Crippen LogP contribution in [0.25, 0.3) is 0 Å². The van der Waals surface area contributed by atoms with Crippen molar-refractivity contribution in [1.82, 2.24) is 10.2 Å². The predicted octanol–water partition coefficient (Wildman–Crippen LogP) is 2.78. The van der Waals surface area contributed by atoms with Gasteiger partial charge in [-0.25, -0.2) is 4.79 Å². The van der Waals surface area contributed by atoms with Gasteiger partial charge in [0, 0.05) is 12.6 Å². The van der Waals surface area contributed by atoms with Crippen LogP contribution in [-0.4, -0.2) is 42.3 Å². The topological polar surface area (TPSA) is 41.6 Å². The van der Waals surface area contributed by atoms with E-state index < -0.39 is 5.60 Å². The molecule has 0 unspecified atom stereocenters. The average Bonchev–Trinajstić information content (AvgIpc) is 2.38. The highest BCUT2D eigenvalue weighted by molar-refractivity contribution is 5.68. The van der Waals surface area contributed by atoms with Gasteiger partial charge in [0.25, 0.3) is 0 Å². The van der Waals surface area contributed by atoms with Gasteiger partial charge in [0.15, 0.2) is 0 Å². The molecule has 0 bridgehead atoms. The fourth-order valence-corrected chi connectivity index (χ4v) is 3.22. The summed E-state index contributed by atoms with van der Waals surface area (Å²) in [7, 11) is 0. The van der Waals surface area contributed by atoms with E-state index in [2.05, 4.69) is 5.32 Å². The summed E-state index contributed by atoms with van der Waals surface area (Å²) in [5.41, 5.74) is -0.396. The van der Waals surface area contributed by atoms with Crippen molar-refractivity contribution in [2.45, 2.75) is 64.5 Å².